The summed E-state index contributed by atoms with van der Waals surface area (Å²) < 4.78 is 0. The third-order valence-corrected chi connectivity index (χ3v) is 0.914. The second-order valence-corrected chi connectivity index (χ2v) is 1.77. The van der Waals surface area contributed by atoms with Gasteiger partial charge >= 0.3 is 0 Å². The van der Waals surface area contributed by atoms with Crippen LogP contribution in [0.25, 0.3) is 0 Å². The maximum absolute atomic E-state index is 8.68. The van der Waals surface area contributed by atoms with Crippen LogP contribution < -0.4 is 0 Å². The van der Waals surface area contributed by atoms with Crippen molar-refractivity contribution in [2.45, 2.75) is 25.9 Å². The highest BCUT2D eigenvalue weighted by atomic mass is 16.3. The van der Waals surface area contributed by atoms with Crippen molar-refractivity contribution in [3.63, 3.8) is 0 Å². The minimum Gasteiger partial charge on any atom is -0.394 e. The Morgan fingerprint density at radius 1 is 1.62 bits per heavy atom. The van der Waals surface area contributed by atoms with Gasteiger partial charge in [-0.1, -0.05) is 13.3 Å². The van der Waals surface area contributed by atoms with Crippen LogP contribution in [-0.2, 0) is 0 Å². The lowest BCUT2D eigenvalue weighted by atomic mass is 10.2. The smallest absolute Gasteiger partial charge is 0.0802 e. The molecule has 0 aromatic carbocycles. The van der Waals surface area contributed by atoms with Gasteiger partial charge < -0.3 is 10.2 Å². The van der Waals surface area contributed by atoms with Crippen LogP contribution in [0.3, 0.4) is 0 Å². The Balaban J connectivity index is 2.86. The lowest BCUT2D eigenvalue weighted by molar-refractivity contribution is 0.116. The first kappa shape index (κ1) is 7.92. The van der Waals surface area contributed by atoms with Gasteiger partial charge in [0.25, 0.3) is 0 Å². The summed E-state index contributed by atoms with van der Waals surface area (Å²) in [5, 5.41) is 17.0. The standard InChI is InChI=1S/C6H13O2/c1-2-3-4-6(8)5-7/h4,6-8H,2-3,5H2,1H3. The predicted octanol–water partition coefficient (Wildman–Crippen LogP) is 0.344. The number of aliphatic hydroxyl groups excluding tert-OH is 2. The van der Waals surface area contributed by atoms with E-state index in [-0.39, 0.29) is 6.61 Å². The van der Waals surface area contributed by atoms with Crippen LogP contribution in [0.4, 0.5) is 0 Å². The van der Waals surface area contributed by atoms with Gasteiger partial charge in [0, 0.05) is 0 Å². The van der Waals surface area contributed by atoms with E-state index in [1.807, 2.05) is 6.92 Å². The number of unbranched alkanes of at least 4 members (excludes halogenated alkanes) is 1. The number of rotatable bonds is 4. The molecular weight excluding hydrogens is 104 g/mol. The van der Waals surface area contributed by atoms with E-state index in [0.717, 1.165) is 12.8 Å². The molecule has 8 heavy (non-hydrogen) atoms. The molecule has 1 atom stereocenters. The van der Waals surface area contributed by atoms with E-state index in [2.05, 4.69) is 0 Å². The van der Waals surface area contributed by atoms with E-state index in [1.165, 1.54) is 0 Å². The molecule has 0 aliphatic carbocycles. The lowest BCUT2D eigenvalue weighted by Crippen LogP contribution is -2.11. The Labute approximate surface area is 50.2 Å². The van der Waals surface area contributed by atoms with Crippen LogP contribution >= 0.6 is 0 Å². The van der Waals surface area contributed by atoms with Crippen molar-refractivity contribution in [1.29, 1.82) is 0 Å². The van der Waals surface area contributed by atoms with Crippen LogP contribution in [0, 0.1) is 6.42 Å². The van der Waals surface area contributed by atoms with Gasteiger partial charge in [-0.2, -0.15) is 0 Å². The predicted molar refractivity (Wildman–Crippen MR) is 32.3 cm³/mol. The maximum Gasteiger partial charge on any atom is 0.0802 e. The van der Waals surface area contributed by atoms with Crippen molar-refractivity contribution in [1.82, 2.24) is 0 Å². The highest BCUT2D eigenvalue weighted by Gasteiger charge is 1.98. The van der Waals surface area contributed by atoms with Crippen molar-refractivity contribution in [2.24, 2.45) is 0 Å². The molecule has 0 rings (SSSR count). The molecule has 49 valence electrons. The number of hydrogen-bond donors (Lipinski definition) is 2. The number of aliphatic hydroxyl groups is 2. The van der Waals surface area contributed by atoms with Gasteiger partial charge in [0.2, 0.25) is 0 Å². The molecule has 2 N–H and O–H groups in total. The monoisotopic (exact) mass is 117 g/mol. The molecule has 0 saturated heterocycles. The summed E-state index contributed by atoms with van der Waals surface area (Å²) in [4.78, 5) is 0. The second-order valence-electron chi connectivity index (χ2n) is 1.77. The zero-order valence-electron chi connectivity index (χ0n) is 5.17. The first-order chi connectivity index (χ1) is 3.81. The summed E-state index contributed by atoms with van der Waals surface area (Å²) in [6.45, 7) is 1.88. The van der Waals surface area contributed by atoms with E-state index >= 15 is 0 Å². The molecule has 1 radical (unpaired) electrons. The van der Waals surface area contributed by atoms with E-state index in [0.29, 0.717) is 0 Å². The van der Waals surface area contributed by atoms with Crippen molar-refractivity contribution in [3.05, 3.63) is 6.42 Å². The fourth-order valence-electron chi connectivity index (χ4n) is 0.434. The van der Waals surface area contributed by atoms with E-state index in [9.17, 15) is 0 Å². The van der Waals surface area contributed by atoms with Gasteiger partial charge in [-0.15, -0.1) is 0 Å². The van der Waals surface area contributed by atoms with Crippen LogP contribution in [0.5, 0.6) is 0 Å². The topological polar surface area (TPSA) is 40.5 Å². The molecule has 0 saturated carbocycles. The third kappa shape index (κ3) is 4.09. The average Bonchev–Trinajstić information content (AvgIpc) is 1.83. The Hall–Kier alpha value is -0.0800. The largest absolute Gasteiger partial charge is 0.394 e. The Morgan fingerprint density at radius 3 is 2.62 bits per heavy atom. The van der Waals surface area contributed by atoms with Crippen molar-refractivity contribution < 1.29 is 10.2 Å². The molecule has 0 fully saturated rings. The van der Waals surface area contributed by atoms with E-state index in [4.69, 9.17) is 10.2 Å². The fraction of sp³-hybridized carbons (Fsp3) is 0.833. The first-order valence-electron chi connectivity index (χ1n) is 2.93. The quantitative estimate of drug-likeness (QED) is 0.557. The summed E-state index contributed by atoms with van der Waals surface area (Å²) in [5.41, 5.74) is 0. The maximum atomic E-state index is 8.68. The summed E-state index contributed by atoms with van der Waals surface area (Å²) in [6, 6.07) is 0. The van der Waals surface area contributed by atoms with Crippen LogP contribution in [0.1, 0.15) is 19.8 Å². The summed E-state index contributed by atoms with van der Waals surface area (Å²) >= 11 is 0. The van der Waals surface area contributed by atoms with Crippen molar-refractivity contribution in [2.75, 3.05) is 6.61 Å². The zero-order valence-corrected chi connectivity index (χ0v) is 5.17. The Bertz CT molecular complexity index is 45.8. The Kier molecular flexibility index (Phi) is 5.01. The fourth-order valence-corrected chi connectivity index (χ4v) is 0.434. The molecule has 0 amide bonds. The number of hydrogen-bond acceptors (Lipinski definition) is 2. The highest BCUT2D eigenvalue weighted by Crippen LogP contribution is 1.96. The molecule has 1 unspecified atom stereocenters. The van der Waals surface area contributed by atoms with Crippen molar-refractivity contribution in [3.8, 4) is 0 Å². The molecule has 0 aromatic heterocycles. The Morgan fingerprint density at radius 2 is 2.25 bits per heavy atom. The van der Waals surface area contributed by atoms with Crippen LogP contribution in [-0.4, -0.2) is 22.9 Å². The SMILES string of the molecule is CCC[CH]C(O)CO. The first-order valence-corrected chi connectivity index (χ1v) is 2.93. The zero-order chi connectivity index (χ0) is 6.41. The second kappa shape index (κ2) is 5.06. The molecule has 2 nitrogen and oxygen atoms in total. The molecule has 0 aliphatic rings. The van der Waals surface area contributed by atoms with Crippen LogP contribution in [0.15, 0.2) is 0 Å². The van der Waals surface area contributed by atoms with E-state index < -0.39 is 6.10 Å². The van der Waals surface area contributed by atoms with Gasteiger partial charge in [0.05, 0.1) is 12.7 Å². The minimum absolute atomic E-state index is 0.153. The molecule has 0 bridgehead atoms. The van der Waals surface area contributed by atoms with Gasteiger partial charge in [0.1, 0.15) is 0 Å². The van der Waals surface area contributed by atoms with Gasteiger partial charge in [-0.3, -0.25) is 0 Å². The third-order valence-electron chi connectivity index (χ3n) is 0.914. The molecule has 0 aliphatic heterocycles. The molecule has 2 heteroatoms. The highest BCUT2D eigenvalue weighted by molar-refractivity contribution is 4.72. The normalized spacial score (nSPS) is 13.9. The molecule has 0 heterocycles. The minimum atomic E-state index is -0.616. The molecule has 0 spiro atoms. The summed E-state index contributed by atoms with van der Waals surface area (Å²) in [6.07, 6.45) is 2.99. The van der Waals surface area contributed by atoms with E-state index in [1.54, 1.807) is 6.42 Å². The van der Waals surface area contributed by atoms with Crippen molar-refractivity contribution >= 4 is 0 Å². The van der Waals surface area contributed by atoms with Crippen LogP contribution in [0.2, 0.25) is 0 Å². The van der Waals surface area contributed by atoms with Gasteiger partial charge in [-0.05, 0) is 12.8 Å². The lowest BCUT2D eigenvalue weighted by Gasteiger charge is -2.02. The molecular formula is C6H13O2. The van der Waals surface area contributed by atoms with Gasteiger partial charge in [-0.25, -0.2) is 0 Å². The van der Waals surface area contributed by atoms with Gasteiger partial charge in [0.15, 0.2) is 0 Å². The summed E-state index contributed by atoms with van der Waals surface area (Å²) in [7, 11) is 0. The molecule has 0 aromatic rings. The average molecular weight is 117 g/mol. The summed E-state index contributed by atoms with van der Waals surface area (Å²) in [5.74, 6) is 0.